The van der Waals surface area contributed by atoms with Gasteiger partial charge in [-0.25, -0.2) is 0 Å². The van der Waals surface area contributed by atoms with Crippen molar-refractivity contribution in [3.05, 3.63) is 69.2 Å². The molecule has 3 rings (SSSR count). The van der Waals surface area contributed by atoms with Crippen molar-refractivity contribution < 1.29 is 5.11 Å². The first-order valence-corrected chi connectivity index (χ1v) is 7.37. The van der Waals surface area contributed by atoms with Gasteiger partial charge >= 0.3 is 0 Å². The summed E-state index contributed by atoms with van der Waals surface area (Å²) in [6.45, 7) is 0.834. The van der Waals surface area contributed by atoms with E-state index >= 15 is 0 Å². The zero-order valence-corrected chi connectivity index (χ0v) is 12.3. The Kier molecular flexibility index (Phi) is 3.99. The number of fused-ring (bicyclic) bond motifs is 1. The summed E-state index contributed by atoms with van der Waals surface area (Å²) in [5, 5.41) is 15.1. The SMILES string of the molecule is OC(c1c(Cl)cccc1Cl)C1NCCc2ccccc21. The molecule has 2 aromatic rings. The van der Waals surface area contributed by atoms with Crippen LogP contribution in [0.3, 0.4) is 0 Å². The van der Waals surface area contributed by atoms with Crippen LogP contribution in [0.4, 0.5) is 0 Å². The van der Waals surface area contributed by atoms with Crippen molar-refractivity contribution >= 4 is 23.2 Å². The summed E-state index contributed by atoms with van der Waals surface area (Å²) in [4.78, 5) is 0. The Morgan fingerprint density at radius 3 is 2.50 bits per heavy atom. The summed E-state index contributed by atoms with van der Waals surface area (Å²) in [5.41, 5.74) is 2.96. The van der Waals surface area contributed by atoms with Crippen LogP contribution in [0, 0.1) is 0 Å². The number of halogens is 2. The molecule has 2 aromatic carbocycles. The Bertz CT molecular complexity index is 609. The van der Waals surface area contributed by atoms with Crippen LogP contribution in [-0.4, -0.2) is 11.7 Å². The van der Waals surface area contributed by atoms with Gasteiger partial charge in [-0.2, -0.15) is 0 Å². The van der Waals surface area contributed by atoms with Gasteiger partial charge < -0.3 is 10.4 Å². The van der Waals surface area contributed by atoms with Gasteiger partial charge in [-0.3, -0.25) is 0 Å². The Hall–Kier alpha value is -1.06. The molecule has 1 heterocycles. The zero-order valence-electron chi connectivity index (χ0n) is 10.8. The summed E-state index contributed by atoms with van der Waals surface area (Å²) in [5.74, 6) is 0. The van der Waals surface area contributed by atoms with E-state index < -0.39 is 6.10 Å². The second-order valence-electron chi connectivity index (χ2n) is 4.96. The van der Waals surface area contributed by atoms with Crippen LogP contribution in [0.25, 0.3) is 0 Å². The average Bonchev–Trinajstić information content (AvgIpc) is 2.46. The Balaban J connectivity index is 2.02. The summed E-state index contributed by atoms with van der Waals surface area (Å²) >= 11 is 12.4. The number of aliphatic hydroxyl groups is 1. The third kappa shape index (κ3) is 2.45. The van der Waals surface area contributed by atoms with Crippen LogP contribution in [0.1, 0.15) is 28.8 Å². The molecule has 0 saturated carbocycles. The lowest BCUT2D eigenvalue weighted by molar-refractivity contribution is 0.125. The van der Waals surface area contributed by atoms with Crippen molar-refractivity contribution in [2.75, 3.05) is 6.54 Å². The van der Waals surface area contributed by atoms with Crippen LogP contribution < -0.4 is 5.32 Å². The highest BCUT2D eigenvalue weighted by Crippen LogP contribution is 2.39. The molecule has 0 bridgehead atoms. The molecule has 0 saturated heterocycles. The van der Waals surface area contributed by atoms with Crippen LogP contribution >= 0.6 is 23.2 Å². The van der Waals surface area contributed by atoms with E-state index in [-0.39, 0.29) is 6.04 Å². The zero-order chi connectivity index (χ0) is 14.1. The predicted octanol–water partition coefficient (Wildman–Crippen LogP) is 3.91. The number of hydrogen-bond acceptors (Lipinski definition) is 2. The van der Waals surface area contributed by atoms with Gasteiger partial charge in [0.1, 0.15) is 6.10 Å². The van der Waals surface area contributed by atoms with Crippen molar-refractivity contribution in [1.29, 1.82) is 0 Å². The molecule has 1 aliphatic heterocycles. The van der Waals surface area contributed by atoms with Gasteiger partial charge in [-0.1, -0.05) is 53.5 Å². The van der Waals surface area contributed by atoms with Crippen LogP contribution in [0.5, 0.6) is 0 Å². The Morgan fingerprint density at radius 2 is 1.75 bits per heavy atom. The first-order chi connectivity index (χ1) is 9.68. The van der Waals surface area contributed by atoms with Crippen LogP contribution in [0.15, 0.2) is 42.5 Å². The largest absolute Gasteiger partial charge is 0.386 e. The highest BCUT2D eigenvalue weighted by Gasteiger charge is 2.29. The molecule has 0 aromatic heterocycles. The fourth-order valence-corrected chi connectivity index (χ4v) is 3.40. The molecule has 20 heavy (non-hydrogen) atoms. The van der Waals surface area contributed by atoms with Gasteiger partial charge in [0.2, 0.25) is 0 Å². The summed E-state index contributed by atoms with van der Waals surface area (Å²) < 4.78 is 0. The maximum Gasteiger partial charge on any atom is 0.101 e. The van der Waals surface area contributed by atoms with E-state index in [1.807, 2.05) is 18.2 Å². The monoisotopic (exact) mass is 307 g/mol. The lowest BCUT2D eigenvalue weighted by Gasteiger charge is -2.31. The molecular weight excluding hydrogens is 293 g/mol. The number of hydrogen-bond donors (Lipinski definition) is 2. The van der Waals surface area contributed by atoms with Crippen molar-refractivity contribution in [2.45, 2.75) is 18.6 Å². The number of nitrogens with one attached hydrogen (secondary N) is 1. The molecule has 0 aliphatic carbocycles. The Morgan fingerprint density at radius 1 is 1.05 bits per heavy atom. The minimum atomic E-state index is -0.766. The summed E-state index contributed by atoms with van der Waals surface area (Å²) in [6, 6.07) is 13.3. The topological polar surface area (TPSA) is 32.3 Å². The van der Waals surface area contributed by atoms with E-state index in [4.69, 9.17) is 23.2 Å². The van der Waals surface area contributed by atoms with E-state index in [1.165, 1.54) is 5.56 Å². The minimum absolute atomic E-state index is 0.183. The van der Waals surface area contributed by atoms with E-state index in [1.54, 1.807) is 18.2 Å². The summed E-state index contributed by atoms with van der Waals surface area (Å²) in [6.07, 6.45) is 0.202. The molecule has 0 fully saturated rings. The van der Waals surface area contributed by atoms with E-state index in [2.05, 4.69) is 11.4 Å². The maximum absolute atomic E-state index is 10.7. The van der Waals surface area contributed by atoms with Crippen molar-refractivity contribution in [1.82, 2.24) is 5.32 Å². The molecule has 4 heteroatoms. The van der Waals surface area contributed by atoms with Gasteiger partial charge in [0.05, 0.1) is 6.04 Å². The number of rotatable bonds is 2. The molecule has 104 valence electrons. The smallest absolute Gasteiger partial charge is 0.101 e. The average molecular weight is 308 g/mol. The van der Waals surface area contributed by atoms with Crippen molar-refractivity contribution in [3.63, 3.8) is 0 Å². The maximum atomic E-state index is 10.7. The minimum Gasteiger partial charge on any atom is -0.386 e. The van der Waals surface area contributed by atoms with Crippen LogP contribution in [0.2, 0.25) is 10.0 Å². The highest BCUT2D eigenvalue weighted by molar-refractivity contribution is 6.36. The molecule has 1 aliphatic rings. The van der Waals surface area contributed by atoms with Gasteiger partial charge in [-0.05, 0) is 36.2 Å². The molecule has 2 unspecified atom stereocenters. The summed E-state index contributed by atoms with van der Waals surface area (Å²) in [7, 11) is 0. The third-order valence-corrected chi connectivity index (χ3v) is 4.42. The molecule has 0 amide bonds. The lowest BCUT2D eigenvalue weighted by atomic mass is 9.88. The standard InChI is InChI=1S/C16H15Cl2NO/c17-12-6-3-7-13(18)14(12)16(20)15-11-5-2-1-4-10(11)8-9-19-15/h1-7,15-16,19-20H,8-9H2. The van der Waals surface area contributed by atoms with E-state index in [9.17, 15) is 5.11 Å². The van der Waals surface area contributed by atoms with Gasteiger partial charge in [0.25, 0.3) is 0 Å². The molecule has 2 atom stereocenters. The number of benzene rings is 2. The van der Waals surface area contributed by atoms with E-state index in [0.29, 0.717) is 15.6 Å². The fourth-order valence-electron chi connectivity index (χ4n) is 2.78. The Labute approximate surface area is 128 Å². The van der Waals surface area contributed by atoms with Crippen LogP contribution in [-0.2, 0) is 6.42 Å². The quantitative estimate of drug-likeness (QED) is 0.881. The molecular formula is C16H15Cl2NO. The van der Waals surface area contributed by atoms with E-state index in [0.717, 1.165) is 18.5 Å². The molecule has 0 spiro atoms. The van der Waals surface area contributed by atoms with Gasteiger partial charge in [-0.15, -0.1) is 0 Å². The molecule has 2 N–H and O–H groups in total. The molecule has 0 radical (unpaired) electrons. The van der Waals surface area contributed by atoms with Crippen molar-refractivity contribution in [3.8, 4) is 0 Å². The molecule has 2 nitrogen and oxygen atoms in total. The second-order valence-corrected chi connectivity index (χ2v) is 5.78. The fraction of sp³-hybridized carbons (Fsp3) is 0.250. The third-order valence-electron chi connectivity index (χ3n) is 3.76. The van der Waals surface area contributed by atoms with Gasteiger partial charge in [0.15, 0.2) is 0 Å². The highest BCUT2D eigenvalue weighted by atomic mass is 35.5. The second kappa shape index (κ2) is 5.74. The van der Waals surface area contributed by atoms with Crippen molar-refractivity contribution in [2.24, 2.45) is 0 Å². The number of aliphatic hydroxyl groups excluding tert-OH is 1. The first kappa shape index (κ1) is 13.9. The lowest BCUT2D eigenvalue weighted by Crippen LogP contribution is -2.34. The first-order valence-electron chi connectivity index (χ1n) is 6.61. The predicted molar refractivity (Wildman–Crippen MR) is 82.3 cm³/mol. The van der Waals surface area contributed by atoms with Gasteiger partial charge in [0, 0.05) is 15.6 Å². The normalized spacial score (nSPS) is 19.4.